The Morgan fingerprint density at radius 3 is 2.36 bits per heavy atom. The number of hydrogen-bond acceptors (Lipinski definition) is 4. The summed E-state index contributed by atoms with van der Waals surface area (Å²) >= 11 is 0. The standard InChI is InChI=1S/C21H35N3O4/c1-2-28-21(27)23-13-11-17(12-14-23)22-20(26)16-9-10-19(25)24(15-16)18-7-5-3-4-6-8-18/h16-18H,2-15H2,1H3,(H,22,26)/t16-/m0/s1. The molecule has 0 aromatic heterocycles. The molecular weight excluding hydrogens is 358 g/mol. The topological polar surface area (TPSA) is 79.0 Å². The van der Waals surface area contributed by atoms with Crippen LogP contribution < -0.4 is 5.32 Å². The molecule has 0 radical (unpaired) electrons. The van der Waals surface area contributed by atoms with Crippen LogP contribution in [0.25, 0.3) is 0 Å². The van der Waals surface area contributed by atoms with E-state index >= 15 is 0 Å². The minimum atomic E-state index is -0.267. The molecule has 0 bridgehead atoms. The second-order valence-electron chi connectivity index (χ2n) is 8.40. The summed E-state index contributed by atoms with van der Waals surface area (Å²) in [5.41, 5.74) is 0. The van der Waals surface area contributed by atoms with Crippen molar-refractivity contribution in [1.82, 2.24) is 15.1 Å². The van der Waals surface area contributed by atoms with Crippen molar-refractivity contribution >= 4 is 17.9 Å². The number of rotatable bonds is 4. The van der Waals surface area contributed by atoms with Gasteiger partial charge in [0.2, 0.25) is 11.8 Å². The third-order valence-electron chi connectivity index (χ3n) is 6.45. The summed E-state index contributed by atoms with van der Waals surface area (Å²) < 4.78 is 5.04. The zero-order chi connectivity index (χ0) is 19.9. The molecule has 7 heteroatoms. The first-order chi connectivity index (χ1) is 13.6. The van der Waals surface area contributed by atoms with Crippen LogP contribution in [0.15, 0.2) is 0 Å². The van der Waals surface area contributed by atoms with Crippen molar-refractivity contribution in [3.05, 3.63) is 0 Å². The van der Waals surface area contributed by atoms with Gasteiger partial charge in [-0.25, -0.2) is 4.79 Å². The lowest BCUT2D eigenvalue weighted by Crippen LogP contribution is -2.52. The van der Waals surface area contributed by atoms with Gasteiger partial charge in [-0.1, -0.05) is 25.7 Å². The van der Waals surface area contributed by atoms with E-state index in [1.807, 2.05) is 4.90 Å². The molecule has 7 nitrogen and oxygen atoms in total. The van der Waals surface area contributed by atoms with E-state index in [4.69, 9.17) is 4.74 Å². The van der Waals surface area contributed by atoms with Gasteiger partial charge in [-0.05, 0) is 39.0 Å². The molecule has 2 saturated heterocycles. The number of piperidine rings is 2. The summed E-state index contributed by atoms with van der Waals surface area (Å²) in [5.74, 6) is 0.184. The highest BCUT2D eigenvalue weighted by atomic mass is 16.6. The van der Waals surface area contributed by atoms with Crippen LogP contribution in [0.4, 0.5) is 4.79 Å². The van der Waals surface area contributed by atoms with Crippen molar-refractivity contribution in [2.45, 2.75) is 83.2 Å². The molecule has 2 aliphatic heterocycles. The number of amides is 3. The Kier molecular flexibility index (Phi) is 7.57. The first-order valence-corrected chi connectivity index (χ1v) is 11.1. The van der Waals surface area contributed by atoms with Crippen molar-refractivity contribution in [1.29, 1.82) is 0 Å². The molecule has 0 spiro atoms. The van der Waals surface area contributed by atoms with E-state index in [-0.39, 0.29) is 29.9 Å². The summed E-state index contributed by atoms with van der Waals surface area (Å²) in [6.07, 6.45) is 9.40. The van der Waals surface area contributed by atoms with Gasteiger partial charge in [0.05, 0.1) is 12.5 Å². The SMILES string of the molecule is CCOC(=O)N1CCC(NC(=O)[C@H]2CCC(=O)N(C3CCCCCC3)C2)CC1. The molecule has 3 rings (SSSR count). The number of nitrogens with one attached hydrogen (secondary N) is 1. The van der Waals surface area contributed by atoms with Crippen molar-refractivity contribution in [2.75, 3.05) is 26.2 Å². The lowest BCUT2D eigenvalue weighted by molar-refractivity contribution is -0.141. The van der Waals surface area contributed by atoms with Crippen molar-refractivity contribution in [3.63, 3.8) is 0 Å². The second kappa shape index (κ2) is 10.1. The number of hydrogen-bond donors (Lipinski definition) is 1. The van der Waals surface area contributed by atoms with Gasteiger partial charge >= 0.3 is 6.09 Å². The Morgan fingerprint density at radius 1 is 1.04 bits per heavy atom. The summed E-state index contributed by atoms with van der Waals surface area (Å²) in [6, 6.07) is 0.417. The average Bonchev–Trinajstić information content (AvgIpc) is 2.98. The van der Waals surface area contributed by atoms with Gasteiger partial charge in [0, 0.05) is 38.1 Å². The number of likely N-dealkylation sites (tertiary alicyclic amines) is 2. The van der Waals surface area contributed by atoms with Gasteiger partial charge in [0.1, 0.15) is 0 Å². The summed E-state index contributed by atoms with van der Waals surface area (Å²) in [7, 11) is 0. The quantitative estimate of drug-likeness (QED) is 0.745. The minimum Gasteiger partial charge on any atom is -0.450 e. The predicted molar refractivity (Wildman–Crippen MR) is 106 cm³/mol. The summed E-state index contributed by atoms with van der Waals surface area (Å²) in [6.45, 7) is 3.98. The van der Waals surface area contributed by atoms with Gasteiger partial charge in [0.15, 0.2) is 0 Å². The Labute approximate surface area is 168 Å². The monoisotopic (exact) mass is 393 g/mol. The average molecular weight is 394 g/mol. The normalized spacial score (nSPS) is 25.3. The Hall–Kier alpha value is -1.79. The largest absolute Gasteiger partial charge is 0.450 e. The van der Waals surface area contributed by atoms with Crippen LogP contribution in [0.2, 0.25) is 0 Å². The van der Waals surface area contributed by atoms with E-state index in [1.54, 1.807) is 11.8 Å². The maximum absolute atomic E-state index is 12.8. The number of ether oxygens (including phenoxy) is 1. The van der Waals surface area contributed by atoms with Crippen molar-refractivity contribution in [2.24, 2.45) is 5.92 Å². The van der Waals surface area contributed by atoms with E-state index in [9.17, 15) is 14.4 Å². The number of carbonyl (C=O) groups excluding carboxylic acids is 3. The predicted octanol–water partition coefficient (Wildman–Crippen LogP) is 2.68. The summed E-state index contributed by atoms with van der Waals surface area (Å²) in [5, 5.41) is 3.18. The van der Waals surface area contributed by atoms with Gasteiger partial charge in [-0.15, -0.1) is 0 Å². The van der Waals surface area contributed by atoms with Crippen LogP contribution in [0.3, 0.4) is 0 Å². The molecule has 1 aliphatic carbocycles. The maximum atomic E-state index is 12.8. The van der Waals surface area contributed by atoms with Crippen LogP contribution in [-0.4, -0.2) is 66.0 Å². The molecule has 1 N–H and O–H groups in total. The number of nitrogens with zero attached hydrogens (tertiary/aromatic N) is 2. The summed E-state index contributed by atoms with van der Waals surface area (Å²) in [4.78, 5) is 40.8. The van der Waals surface area contributed by atoms with Crippen LogP contribution >= 0.6 is 0 Å². The fourth-order valence-corrected chi connectivity index (χ4v) is 4.75. The molecule has 1 atom stereocenters. The molecule has 0 aromatic carbocycles. The Bertz CT molecular complexity index is 552. The molecule has 3 fully saturated rings. The lowest BCUT2D eigenvalue weighted by atomic mass is 9.93. The maximum Gasteiger partial charge on any atom is 0.409 e. The third-order valence-corrected chi connectivity index (χ3v) is 6.45. The van der Waals surface area contributed by atoms with Crippen LogP contribution in [0.1, 0.15) is 71.1 Å². The molecule has 28 heavy (non-hydrogen) atoms. The van der Waals surface area contributed by atoms with E-state index in [0.29, 0.717) is 45.1 Å². The van der Waals surface area contributed by atoms with E-state index in [1.165, 1.54) is 25.7 Å². The zero-order valence-electron chi connectivity index (χ0n) is 17.2. The second-order valence-corrected chi connectivity index (χ2v) is 8.40. The molecule has 0 aromatic rings. The first-order valence-electron chi connectivity index (χ1n) is 11.1. The van der Waals surface area contributed by atoms with Crippen molar-refractivity contribution < 1.29 is 19.1 Å². The van der Waals surface area contributed by atoms with Crippen LogP contribution in [0.5, 0.6) is 0 Å². The fourth-order valence-electron chi connectivity index (χ4n) is 4.75. The van der Waals surface area contributed by atoms with Gasteiger partial charge in [-0.3, -0.25) is 9.59 Å². The highest BCUT2D eigenvalue weighted by Gasteiger charge is 2.35. The fraction of sp³-hybridized carbons (Fsp3) is 0.857. The highest BCUT2D eigenvalue weighted by Crippen LogP contribution is 2.27. The van der Waals surface area contributed by atoms with Crippen LogP contribution in [-0.2, 0) is 14.3 Å². The molecular formula is C21H35N3O4. The molecule has 1 saturated carbocycles. The highest BCUT2D eigenvalue weighted by molar-refractivity contribution is 5.84. The molecule has 2 heterocycles. The third kappa shape index (κ3) is 5.39. The molecule has 158 valence electrons. The Balaban J connectivity index is 1.48. The Morgan fingerprint density at radius 2 is 1.71 bits per heavy atom. The molecule has 3 aliphatic rings. The molecule has 0 unspecified atom stereocenters. The molecule has 3 amide bonds. The van der Waals surface area contributed by atoms with Gasteiger partial charge < -0.3 is 19.9 Å². The van der Waals surface area contributed by atoms with Gasteiger partial charge in [0.25, 0.3) is 0 Å². The minimum absolute atomic E-state index is 0.0701. The lowest BCUT2D eigenvalue weighted by Gasteiger charge is -2.38. The zero-order valence-corrected chi connectivity index (χ0v) is 17.2. The van der Waals surface area contributed by atoms with Gasteiger partial charge in [-0.2, -0.15) is 0 Å². The first kappa shape index (κ1) is 20.9. The van der Waals surface area contributed by atoms with E-state index in [0.717, 1.165) is 25.7 Å². The van der Waals surface area contributed by atoms with Crippen LogP contribution in [0, 0.1) is 5.92 Å². The number of carbonyl (C=O) groups is 3. The van der Waals surface area contributed by atoms with E-state index < -0.39 is 0 Å². The van der Waals surface area contributed by atoms with E-state index in [2.05, 4.69) is 5.32 Å². The van der Waals surface area contributed by atoms with Crippen molar-refractivity contribution in [3.8, 4) is 0 Å². The smallest absolute Gasteiger partial charge is 0.409 e.